The van der Waals surface area contributed by atoms with Crippen LogP contribution in [-0.4, -0.2) is 23.6 Å². The van der Waals surface area contributed by atoms with E-state index in [1.54, 1.807) is 11.1 Å². The highest BCUT2D eigenvalue weighted by atomic mass is 16.6. The zero-order valence-electron chi connectivity index (χ0n) is 15.0. The van der Waals surface area contributed by atoms with E-state index in [2.05, 4.69) is 4.98 Å². The zero-order chi connectivity index (χ0) is 18.6. The predicted molar refractivity (Wildman–Crippen MR) is 103 cm³/mol. The molecule has 0 saturated heterocycles. The average Bonchev–Trinajstić information content (AvgIpc) is 2.72. The molecule has 0 radical (unpaired) electrons. The van der Waals surface area contributed by atoms with Crippen molar-refractivity contribution in [2.75, 3.05) is 11.5 Å². The summed E-state index contributed by atoms with van der Waals surface area (Å²) in [6.07, 6.45) is 1.02. The molecule has 0 aliphatic carbocycles. The molecule has 2 aromatic carbocycles. The van der Waals surface area contributed by atoms with Gasteiger partial charge in [0, 0.05) is 11.9 Å². The molecular weight excluding hydrogens is 340 g/mol. The number of pyridine rings is 1. The van der Waals surface area contributed by atoms with Gasteiger partial charge in [-0.15, -0.1) is 0 Å². The van der Waals surface area contributed by atoms with E-state index in [1.165, 1.54) is 0 Å². The second-order valence-corrected chi connectivity index (χ2v) is 6.40. The lowest BCUT2D eigenvalue weighted by Gasteiger charge is -2.31. The molecule has 0 fully saturated rings. The fourth-order valence-corrected chi connectivity index (χ4v) is 3.12. The number of aryl methyl sites for hydroxylation is 1. The molecule has 1 unspecified atom stereocenters. The molecule has 1 aliphatic heterocycles. The Bertz CT molecular complexity index is 943. The number of fused-ring (bicyclic) bond motifs is 1. The van der Waals surface area contributed by atoms with Crippen LogP contribution in [-0.2, 0) is 11.3 Å². The Kier molecular flexibility index (Phi) is 4.75. The van der Waals surface area contributed by atoms with Gasteiger partial charge in [0.15, 0.2) is 11.5 Å². The van der Waals surface area contributed by atoms with Crippen molar-refractivity contribution in [3.8, 4) is 11.5 Å². The first kappa shape index (κ1) is 17.1. The van der Waals surface area contributed by atoms with E-state index in [4.69, 9.17) is 9.47 Å². The van der Waals surface area contributed by atoms with Gasteiger partial charge in [-0.1, -0.05) is 36.4 Å². The van der Waals surface area contributed by atoms with E-state index in [1.807, 2.05) is 73.7 Å². The lowest BCUT2D eigenvalue weighted by Crippen LogP contribution is -2.46. The number of rotatable bonds is 4. The second kappa shape index (κ2) is 7.50. The highest BCUT2D eigenvalue weighted by Gasteiger charge is 2.32. The molecule has 0 N–H and O–H groups in total. The van der Waals surface area contributed by atoms with Gasteiger partial charge in [0.2, 0.25) is 6.10 Å². The Balaban J connectivity index is 1.64. The molecule has 4 rings (SSSR count). The first-order chi connectivity index (χ1) is 13.2. The van der Waals surface area contributed by atoms with Crippen LogP contribution in [0.1, 0.15) is 11.3 Å². The molecule has 2 heterocycles. The average molecular weight is 360 g/mol. The first-order valence-electron chi connectivity index (χ1n) is 8.88. The molecule has 1 atom stereocenters. The van der Waals surface area contributed by atoms with Crippen molar-refractivity contribution in [1.82, 2.24) is 4.98 Å². The fourth-order valence-electron chi connectivity index (χ4n) is 3.12. The van der Waals surface area contributed by atoms with Gasteiger partial charge in [0.1, 0.15) is 6.61 Å². The van der Waals surface area contributed by atoms with E-state index in [0.717, 1.165) is 16.9 Å². The summed E-state index contributed by atoms with van der Waals surface area (Å²) in [5.74, 6) is 1.10. The van der Waals surface area contributed by atoms with Crippen LogP contribution in [0.3, 0.4) is 0 Å². The van der Waals surface area contributed by atoms with Crippen molar-refractivity contribution in [2.24, 2.45) is 0 Å². The minimum Gasteiger partial charge on any atom is -0.485 e. The zero-order valence-corrected chi connectivity index (χ0v) is 15.0. The maximum absolute atomic E-state index is 13.4. The van der Waals surface area contributed by atoms with Gasteiger partial charge in [-0.3, -0.25) is 9.78 Å². The smallest absolute Gasteiger partial charge is 0.272 e. The molecule has 0 spiro atoms. The number of amides is 1. The quantitative estimate of drug-likeness (QED) is 0.711. The van der Waals surface area contributed by atoms with Crippen LogP contribution < -0.4 is 14.4 Å². The highest BCUT2D eigenvalue weighted by molar-refractivity contribution is 5.97. The van der Waals surface area contributed by atoms with Crippen LogP contribution in [0.2, 0.25) is 0 Å². The predicted octanol–water partition coefficient (Wildman–Crippen LogP) is 3.76. The fraction of sp³-hybridized carbons (Fsp3) is 0.182. The van der Waals surface area contributed by atoms with Crippen LogP contribution in [0.15, 0.2) is 72.9 Å². The van der Waals surface area contributed by atoms with E-state index in [-0.39, 0.29) is 12.5 Å². The SMILES string of the molecule is Cc1ccccc1N(Cc1ccccn1)C(=O)C1COc2ccccc2O1. The normalized spacial score (nSPS) is 15.2. The number of carbonyl (C=O) groups is 1. The summed E-state index contributed by atoms with van der Waals surface area (Å²) >= 11 is 0. The number of carbonyl (C=O) groups excluding carboxylic acids is 1. The summed E-state index contributed by atoms with van der Waals surface area (Å²) in [5, 5.41) is 0. The molecule has 0 saturated carbocycles. The van der Waals surface area contributed by atoms with Crippen LogP contribution in [0.4, 0.5) is 5.69 Å². The number of para-hydroxylation sites is 3. The summed E-state index contributed by atoms with van der Waals surface area (Å²) in [6.45, 7) is 2.54. The summed E-state index contributed by atoms with van der Waals surface area (Å²) in [7, 11) is 0. The maximum Gasteiger partial charge on any atom is 0.272 e. The lowest BCUT2D eigenvalue weighted by atomic mass is 10.1. The summed E-state index contributed by atoms with van der Waals surface area (Å²) in [5.41, 5.74) is 2.67. The number of benzene rings is 2. The van der Waals surface area contributed by atoms with Crippen LogP contribution in [0, 0.1) is 6.92 Å². The molecule has 5 nitrogen and oxygen atoms in total. The van der Waals surface area contributed by atoms with Gasteiger partial charge < -0.3 is 14.4 Å². The second-order valence-electron chi connectivity index (χ2n) is 6.40. The molecule has 27 heavy (non-hydrogen) atoms. The van der Waals surface area contributed by atoms with E-state index in [0.29, 0.717) is 18.0 Å². The van der Waals surface area contributed by atoms with Gasteiger partial charge in [-0.2, -0.15) is 0 Å². The molecule has 3 aromatic rings. The Morgan fingerprint density at radius 3 is 2.56 bits per heavy atom. The Labute approximate surface area is 158 Å². The van der Waals surface area contributed by atoms with E-state index >= 15 is 0 Å². The number of ether oxygens (including phenoxy) is 2. The molecule has 5 heteroatoms. The number of hydrogen-bond acceptors (Lipinski definition) is 4. The third kappa shape index (κ3) is 3.62. The van der Waals surface area contributed by atoms with Gasteiger partial charge >= 0.3 is 0 Å². The van der Waals surface area contributed by atoms with Crippen molar-refractivity contribution in [3.05, 3.63) is 84.2 Å². The van der Waals surface area contributed by atoms with Crippen molar-refractivity contribution in [2.45, 2.75) is 19.6 Å². The van der Waals surface area contributed by atoms with E-state index in [9.17, 15) is 4.79 Å². The monoisotopic (exact) mass is 360 g/mol. The van der Waals surface area contributed by atoms with Gasteiger partial charge in [0.05, 0.1) is 12.2 Å². The molecule has 0 bridgehead atoms. The number of aromatic nitrogens is 1. The van der Waals surface area contributed by atoms with Crippen molar-refractivity contribution < 1.29 is 14.3 Å². The standard InChI is InChI=1S/C22H20N2O3/c1-16-8-2-3-10-18(16)24(14-17-9-6-7-13-23-17)22(25)21-15-26-19-11-4-5-12-20(19)27-21/h2-13,21H,14-15H2,1H3. The summed E-state index contributed by atoms with van der Waals surface area (Å²) < 4.78 is 11.7. The minimum absolute atomic E-state index is 0.149. The van der Waals surface area contributed by atoms with Gasteiger partial charge in [0.25, 0.3) is 5.91 Å². The molecule has 136 valence electrons. The van der Waals surface area contributed by atoms with E-state index < -0.39 is 6.10 Å². The summed E-state index contributed by atoms with van der Waals surface area (Å²) in [6, 6.07) is 20.9. The topological polar surface area (TPSA) is 51.7 Å². The minimum atomic E-state index is -0.705. The Morgan fingerprint density at radius 1 is 1.04 bits per heavy atom. The van der Waals surface area contributed by atoms with Crippen molar-refractivity contribution in [1.29, 1.82) is 0 Å². The van der Waals surface area contributed by atoms with Crippen LogP contribution in [0.5, 0.6) is 11.5 Å². The van der Waals surface area contributed by atoms with Gasteiger partial charge in [-0.05, 0) is 42.8 Å². The van der Waals surface area contributed by atoms with Crippen LogP contribution >= 0.6 is 0 Å². The third-order valence-corrected chi connectivity index (χ3v) is 4.50. The third-order valence-electron chi connectivity index (χ3n) is 4.50. The van der Waals surface area contributed by atoms with Crippen molar-refractivity contribution >= 4 is 11.6 Å². The van der Waals surface area contributed by atoms with Crippen LogP contribution in [0.25, 0.3) is 0 Å². The maximum atomic E-state index is 13.4. The number of anilines is 1. The largest absolute Gasteiger partial charge is 0.485 e. The Morgan fingerprint density at radius 2 is 1.78 bits per heavy atom. The highest BCUT2D eigenvalue weighted by Crippen LogP contribution is 2.32. The molecular formula is C22H20N2O3. The summed E-state index contributed by atoms with van der Waals surface area (Å²) in [4.78, 5) is 19.5. The number of hydrogen-bond donors (Lipinski definition) is 0. The molecule has 1 aromatic heterocycles. The van der Waals surface area contributed by atoms with Gasteiger partial charge in [-0.25, -0.2) is 0 Å². The Hall–Kier alpha value is -3.34. The first-order valence-corrected chi connectivity index (χ1v) is 8.88. The number of nitrogens with zero attached hydrogens (tertiary/aromatic N) is 2. The van der Waals surface area contributed by atoms with Crippen molar-refractivity contribution in [3.63, 3.8) is 0 Å². The molecule has 1 amide bonds. The molecule has 1 aliphatic rings. The lowest BCUT2D eigenvalue weighted by molar-refractivity contribution is -0.127.